The van der Waals surface area contributed by atoms with Crippen LogP contribution in [-0.2, 0) is 0 Å². The molecule has 1 aliphatic heterocycles. The summed E-state index contributed by atoms with van der Waals surface area (Å²) in [5.74, 6) is -1.66. The van der Waals surface area contributed by atoms with E-state index in [1.165, 1.54) is 18.3 Å². The first-order valence-electron chi connectivity index (χ1n) is 8.00. The fourth-order valence-electron chi connectivity index (χ4n) is 2.64. The van der Waals surface area contributed by atoms with E-state index in [1.54, 1.807) is 12.1 Å². The summed E-state index contributed by atoms with van der Waals surface area (Å²) in [5.41, 5.74) is 0.563. The first-order valence-corrected chi connectivity index (χ1v) is 8.00. The largest absolute Gasteiger partial charge is 0.306 e. The van der Waals surface area contributed by atoms with Gasteiger partial charge >= 0.3 is 0 Å². The number of halogens is 2. The van der Waals surface area contributed by atoms with Gasteiger partial charge in [0.25, 0.3) is 5.91 Å². The molecular weight excluding hydrogens is 326 g/mol. The topological polar surface area (TPSA) is 58.1 Å². The summed E-state index contributed by atoms with van der Waals surface area (Å²) in [4.78, 5) is 22.1. The van der Waals surface area contributed by atoms with Crippen molar-refractivity contribution >= 4 is 17.6 Å². The number of piperidine rings is 1. The van der Waals surface area contributed by atoms with Crippen LogP contribution in [0.5, 0.6) is 0 Å². The van der Waals surface area contributed by atoms with E-state index in [2.05, 4.69) is 20.2 Å². The van der Waals surface area contributed by atoms with Crippen LogP contribution in [0, 0.1) is 5.82 Å². The van der Waals surface area contributed by atoms with Crippen molar-refractivity contribution in [2.75, 3.05) is 25.5 Å². The monoisotopic (exact) mass is 344 g/mol. The summed E-state index contributed by atoms with van der Waals surface area (Å²) in [6.45, 7) is 1.61. The van der Waals surface area contributed by atoms with Gasteiger partial charge in [-0.2, -0.15) is 0 Å². The Morgan fingerprint density at radius 2 is 1.96 bits per heavy atom. The maximum atomic E-state index is 14.7. The van der Waals surface area contributed by atoms with Crippen LogP contribution in [0.25, 0.3) is 5.83 Å². The number of carbonyl (C=O) groups excluding carboxylic acids is 1. The number of carbonyl (C=O) groups is 1. The number of pyridine rings is 2. The molecule has 0 radical (unpaired) electrons. The number of aromatic nitrogens is 2. The molecule has 2 aromatic rings. The van der Waals surface area contributed by atoms with Crippen molar-refractivity contribution in [2.45, 2.75) is 12.8 Å². The maximum absolute atomic E-state index is 14.7. The predicted molar refractivity (Wildman–Crippen MR) is 91.1 cm³/mol. The Bertz CT molecular complexity index is 812. The molecule has 3 rings (SSSR count). The number of anilines is 1. The van der Waals surface area contributed by atoms with Gasteiger partial charge in [-0.25, -0.2) is 18.7 Å². The summed E-state index contributed by atoms with van der Waals surface area (Å²) >= 11 is 0. The predicted octanol–water partition coefficient (Wildman–Crippen LogP) is 3.27. The lowest BCUT2D eigenvalue weighted by atomic mass is 10.0. The Morgan fingerprint density at radius 3 is 2.68 bits per heavy atom. The highest BCUT2D eigenvalue weighted by Gasteiger charge is 2.18. The number of hydrogen-bond donors (Lipinski definition) is 1. The number of nitrogens with zero attached hydrogens (tertiary/aromatic N) is 3. The molecule has 0 aromatic carbocycles. The third-order valence-corrected chi connectivity index (χ3v) is 4.09. The van der Waals surface area contributed by atoms with E-state index in [-0.39, 0.29) is 23.0 Å². The molecule has 1 fully saturated rings. The van der Waals surface area contributed by atoms with Gasteiger partial charge in [0.15, 0.2) is 11.5 Å². The Labute approximate surface area is 144 Å². The average molecular weight is 344 g/mol. The fourth-order valence-corrected chi connectivity index (χ4v) is 2.64. The van der Waals surface area contributed by atoms with E-state index in [9.17, 15) is 13.6 Å². The highest BCUT2D eigenvalue weighted by Crippen LogP contribution is 2.27. The number of rotatable bonds is 3. The third kappa shape index (κ3) is 4.06. The van der Waals surface area contributed by atoms with E-state index in [1.807, 2.05) is 7.05 Å². The molecule has 25 heavy (non-hydrogen) atoms. The molecule has 2 aromatic heterocycles. The quantitative estimate of drug-likeness (QED) is 0.928. The Kier molecular flexibility index (Phi) is 5.14. The summed E-state index contributed by atoms with van der Waals surface area (Å²) in [6, 6.07) is 7.22. The van der Waals surface area contributed by atoms with Crippen LogP contribution < -0.4 is 5.32 Å². The molecule has 0 unspecified atom stereocenters. The molecule has 1 saturated heterocycles. The normalized spacial score (nSPS) is 15.1. The van der Waals surface area contributed by atoms with Gasteiger partial charge < -0.3 is 10.2 Å². The van der Waals surface area contributed by atoms with Gasteiger partial charge in [0.05, 0.1) is 0 Å². The Morgan fingerprint density at radius 1 is 1.20 bits per heavy atom. The van der Waals surface area contributed by atoms with Gasteiger partial charge in [0.1, 0.15) is 17.3 Å². The molecule has 1 N–H and O–H groups in total. The first-order chi connectivity index (χ1) is 12.0. The second kappa shape index (κ2) is 7.48. The Hall–Kier alpha value is -2.67. The van der Waals surface area contributed by atoms with Crippen molar-refractivity contribution in [3.05, 3.63) is 59.3 Å². The average Bonchev–Trinajstić information content (AvgIpc) is 2.62. The molecule has 0 atom stereocenters. The van der Waals surface area contributed by atoms with E-state index in [0.717, 1.165) is 24.7 Å². The third-order valence-electron chi connectivity index (χ3n) is 4.09. The Balaban J connectivity index is 1.79. The smallest absolute Gasteiger partial charge is 0.278 e. The molecule has 5 nitrogen and oxygen atoms in total. The molecule has 0 aliphatic carbocycles. The molecule has 0 bridgehead atoms. The van der Waals surface area contributed by atoms with Crippen molar-refractivity contribution < 1.29 is 13.6 Å². The van der Waals surface area contributed by atoms with E-state index in [4.69, 9.17) is 0 Å². The van der Waals surface area contributed by atoms with E-state index >= 15 is 0 Å². The van der Waals surface area contributed by atoms with Crippen LogP contribution in [0.1, 0.15) is 29.0 Å². The molecule has 1 amide bonds. The molecule has 0 saturated carbocycles. The van der Waals surface area contributed by atoms with Crippen LogP contribution in [0.15, 0.2) is 42.1 Å². The van der Waals surface area contributed by atoms with Crippen molar-refractivity contribution in [3.8, 4) is 0 Å². The molecule has 0 spiro atoms. The fraction of sp³-hybridized carbons (Fsp3) is 0.278. The van der Waals surface area contributed by atoms with Crippen molar-refractivity contribution in [1.82, 2.24) is 14.9 Å². The molecule has 3 heterocycles. The molecule has 130 valence electrons. The zero-order chi connectivity index (χ0) is 17.8. The highest BCUT2D eigenvalue weighted by molar-refractivity contribution is 6.02. The van der Waals surface area contributed by atoms with Crippen molar-refractivity contribution in [3.63, 3.8) is 0 Å². The van der Waals surface area contributed by atoms with Crippen LogP contribution in [0.4, 0.5) is 14.6 Å². The van der Waals surface area contributed by atoms with Crippen LogP contribution in [0.3, 0.4) is 0 Å². The number of hydrogen-bond acceptors (Lipinski definition) is 4. The van der Waals surface area contributed by atoms with E-state index < -0.39 is 11.7 Å². The maximum Gasteiger partial charge on any atom is 0.278 e. The highest BCUT2D eigenvalue weighted by atomic mass is 19.1. The van der Waals surface area contributed by atoms with Gasteiger partial charge in [-0.3, -0.25) is 4.79 Å². The number of amides is 1. The van der Waals surface area contributed by atoms with Crippen molar-refractivity contribution in [1.29, 1.82) is 0 Å². The lowest BCUT2D eigenvalue weighted by Gasteiger charge is -2.24. The lowest BCUT2D eigenvalue weighted by molar-refractivity contribution is 0.101. The zero-order valence-corrected chi connectivity index (χ0v) is 13.8. The van der Waals surface area contributed by atoms with Gasteiger partial charge in [0.2, 0.25) is 0 Å². The van der Waals surface area contributed by atoms with Crippen molar-refractivity contribution in [2.24, 2.45) is 0 Å². The summed E-state index contributed by atoms with van der Waals surface area (Å²) in [7, 11) is 2.00. The zero-order valence-electron chi connectivity index (χ0n) is 13.8. The minimum Gasteiger partial charge on any atom is -0.306 e. The SMILES string of the molecule is CN1CCC(=C(F)c2cccc(NC(=O)c3ncccc3F)n2)CC1. The molecule has 1 aliphatic rings. The second-order valence-corrected chi connectivity index (χ2v) is 5.92. The lowest BCUT2D eigenvalue weighted by Crippen LogP contribution is -2.26. The van der Waals surface area contributed by atoms with Crippen LogP contribution >= 0.6 is 0 Å². The number of nitrogens with one attached hydrogen (secondary N) is 1. The summed E-state index contributed by atoms with van der Waals surface area (Å²) in [5, 5.41) is 2.45. The summed E-state index contributed by atoms with van der Waals surface area (Å²) in [6.07, 6.45) is 2.63. The first kappa shape index (κ1) is 17.2. The van der Waals surface area contributed by atoms with Gasteiger partial charge in [-0.15, -0.1) is 0 Å². The van der Waals surface area contributed by atoms with Gasteiger partial charge in [0, 0.05) is 19.3 Å². The van der Waals surface area contributed by atoms with E-state index in [0.29, 0.717) is 12.8 Å². The number of likely N-dealkylation sites (tertiary alicyclic amines) is 1. The standard InChI is InChI=1S/C18H18F2N4O/c1-24-10-7-12(8-11-24)16(20)14-5-2-6-15(22-14)23-18(25)17-13(19)4-3-9-21-17/h2-6,9H,7-8,10-11H2,1H3,(H,22,23,25). The van der Waals surface area contributed by atoms with Crippen LogP contribution in [0.2, 0.25) is 0 Å². The van der Waals surface area contributed by atoms with Gasteiger partial charge in [-0.05, 0) is 49.7 Å². The van der Waals surface area contributed by atoms with Gasteiger partial charge in [-0.1, -0.05) is 6.07 Å². The second-order valence-electron chi connectivity index (χ2n) is 5.92. The minimum atomic E-state index is -0.727. The minimum absolute atomic E-state index is 0.149. The molecule has 7 heteroatoms. The summed E-state index contributed by atoms with van der Waals surface area (Å²) < 4.78 is 28.3. The molecular formula is C18H18F2N4O. The van der Waals surface area contributed by atoms with Crippen LogP contribution in [-0.4, -0.2) is 40.9 Å².